The van der Waals surface area contributed by atoms with Gasteiger partial charge in [0.05, 0.1) is 7.11 Å². The van der Waals surface area contributed by atoms with Gasteiger partial charge in [0.2, 0.25) is 0 Å². The molecule has 1 aromatic rings. The molecule has 2 rings (SSSR count). The van der Waals surface area contributed by atoms with Crippen molar-refractivity contribution in [3.8, 4) is 5.75 Å². The number of Topliss-reactive ketones (excluding diaryl/α,β-unsaturated/α-hetero) is 1. The molecule has 0 bridgehead atoms. The Morgan fingerprint density at radius 1 is 1.38 bits per heavy atom. The van der Waals surface area contributed by atoms with Crippen LogP contribution in [0.15, 0.2) is 48.1 Å². The molecule has 0 aliphatic heterocycles. The quantitative estimate of drug-likeness (QED) is 0.689. The second-order valence-electron chi connectivity index (χ2n) is 5.69. The average Bonchev–Trinajstić information content (AvgIpc) is 2.89. The molecular weight excluding hydrogens is 260 g/mol. The van der Waals surface area contributed by atoms with Crippen molar-refractivity contribution in [2.45, 2.75) is 39.0 Å². The molecule has 21 heavy (non-hydrogen) atoms. The molecule has 0 radical (unpaired) electrons. The summed E-state index contributed by atoms with van der Waals surface area (Å²) in [6.07, 6.45) is 11.1. The van der Waals surface area contributed by atoms with Crippen molar-refractivity contribution in [2.75, 3.05) is 7.11 Å². The highest BCUT2D eigenvalue weighted by Gasteiger charge is 2.15. The van der Waals surface area contributed by atoms with Gasteiger partial charge in [-0.2, -0.15) is 0 Å². The third-order valence-electron chi connectivity index (χ3n) is 3.86. The van der Waals surface area contributed by atoms with Gasteiger partial charge in [-0.3, -0.25) is 4.79 Å². The zero-order chi connectivity index (χ0) is 15.1. The van der Waals surface area contributed by atoms with E-state index in [1.165, 1.54) is 5.56 Å². The van der Waals surface area contributed by atoms with Crippen molar-refractivity contribution in [3.05, 3.63) is 53.6 Å². The van der Waals surface area contributed by atoms with E-state index >= 15 is 0 Å². The molecule has 2 nitrogen and oxygen atoms in total. The fraction of sp³-hybridized carbons (Fsp3) is 0.421. The van der Waals surface area contributed by atoms with Gasteiger partial charge in [0, 0.05) is 6.42 Å². The molecule has 0 amide bonds. The van der Waals surface area contributed by atoms with Crippen LogP contribution in [-0.2, 0) is 11.2 Å². The summed E-state index contributed by atoms with van der Waals surface area (Å²) in [4.78, 5) is 11.6. The largest absolute Gasteiger partial charge is 0.497 e. The summed E-state index contributed by atoms with van der Waals surface area (Å²) < 4.78 is 5.23. The summed E-state index contributed by atoms with van der Waals surface area (Å²) in [7, 11) is 1.69. The Bertz CT molecular complexity index is 540. The van der Waals surface area contributed by atoms with Gasteiger partial charge in [-0.1, -0.05) is 37.3 Å². The van der Waals surface area contributed by atoms with E-state index in [0.29, 0.717) is 18.1 Å². The lowest BCUT2D eigenvalue weighted by atomic mass is 9.99. The van der Waals surface area contributed by atoms with Gasteiger partial charge in [0.25, 0.3) is 0 Å². The summed E-state index contributed by atoms with van der Waals surface area (Å²) in [5, 5.41) is 0. The lowest BCUT2D eigenvalue weighted by molar-refractivity contribution is -0.115. The fourth-order valence-corrected chi connectivity index (χ4v) is 2.67. The summed E-state index contributed by atoms with van der Waals surface area (Å²) in [6, 6.07) is 8.20. The van der Waals surface area contributed by atoms with Crippen molar-refractivity contribution in [3.63, 3.8) is 0 Å². The third-order valence-corrected chi connectivity index (χ3v) is 3.86. The maximum Gasteiger partial charge on any atom is 0.158 e. The van der Waals surface area contributed by atoms with Crippen molar-refractivity contribution in [1.29, 1.82) is 0 Å². The first-order valence-corrected chi connectivity index (χ1v) is 7.71. The fourth-order valence-electron chi connectivity index (χ4n) is 2.67. The maximum atomic E-state index is 11.6. The lowest BCUT2D eigenvalue weighted by Crippen LogP contribution is -2.00. The Morgan fingerprint density at radius 3 is 2.95 bits per heavy atom. The topological polar surface area (TPSA) is 26.3 Å². The number of benzene rings is 1. The Balaban J connectivity index is 1.75. The van der Waals surface area contributed by atoms with Crippen LogP contribution < -0.4 is 4.74 Å². The normalized spacial score (nSPS) is 16.3. The predicted octanol–water partition coefficient (Wildman–Crippen LogP) is 4.50. The number of ketones is 1. The van der Waals surface area contributed by atoms with Crippen LogP contribution in [0.1, 0.15) is 38.2 Å². The van der Waals surface area contributed by atoms with Crippen LogP contribution >= 0.6 is 0 Å². The van der Waals surface area contributed by atoms with Gasteiger partial charge in [-0.05, 0) is 54.9 Å². The Kier molecular flexibility index (Phi) is 5.79. The molecule has 0 heterocycles. The van der Waals surface area contributed by atoms with E-state index in [0.717, 1.165) is 37.0 Å². The minimum absolute atomic E-state index is 0.339. The van der Waals surface area contributed by atoms with Crippen molar-refractivity contribution in [1.82, 2.24) is 0 Å². The smallest absolute Gasteiger partial charge is 0.158 e. The Morgan fingerprint density at radius 2 is 2.24 bits per heavy atom. The van der Waals surface area contributed by atoms with Crippen molar-refractivity contribution < 1.29 is 9.53 Å². The number of carbonyl (C=O) groups excluding carboxylic acids is 1. The molecule has 1 atom stereocenters. The van der Waals surface area contributed by atoms with Gasteiger partial charge in [-0.25, -0.2) is 0 Å². The average molecular weight is 284 g/mol. The molecule has 1 aromatic carbocycles. The summed E-state index contributed by atoms with van der Waals surface area (Å²) in [6.45, 7) is 2.18. The SMILES string of the molecule is COc1cccc(CC/C=C/C(C)CC2=CCCC2=O)c1. The van der Waals surface area contributed by atoms with E-state index in [9.17, 15) is 4.79 Å². The molecule has 0 fully saturated rings. The predicted molar refractivity (Wildman–Crippen MR) is 86.6 cm³/mol. The maximum absolute atomic E-state index is 11.6. The Labute approximate surface area is 127 Å². The molecule has 0 saturated heterocycles. The van der Waals surface area contributed by atoms with E-state index in [1.54, 1.807) is 7.11 Å². The standard InChI is InChI=1S/C19H24O2/c1-15(13-17-10-6-12-19(17)20)7-3-4-8-16-9-5-11-18(14-16)21-2/h3,5,7,9-11,14-15H,4,6,8,12-13H2,1-2H3/b7-3+. The zero-order valence-electron chi connectivity index (χ0n) is 13.0. The van der Waals surface area contributed by atoms with Gasteiger partial charge >= 0.3 is 0 Å². The molecule has 112 valence electrons. The van der Waals surface area contributed by atoms with E-state index < -0.39 is 0 Å². The van der Waals surface area contributed by atoms with Crippen molar-refractivity contribution >= 4 is 5.78 Å². The van der Waals surface area contributed by atoms with Crippen LogP contribution in [0.25, 0.3) is 0 Å². The number of rotatable bonds is 7. The number of allylic oxidation sites excluding steroid dienone is 4. The lowest BCUT2D eigenvalue weighted by Gasteiger charge is -2.06. The minimum Gasteiger partial charge on any atom is -0.497 e. The first kappa shape index (κ1) is 15.6. The minimum atomic E-state index is 0.339. The summed E-state index contributed by atoms with van der Waals surface area (Å²) >= 11 is 0. The van der Waals surface area contributed by atoms with Gasteiger partial charge in [0.15, 0.2) is 5.78 Å². The molecule has 1 unspecified atom stereocenters. The molecule has 2 heteroatoms. The van der Waals surface area contributed by atoms with Crippen LogP contribution in [-0.4, -0.2) is 12.9 Å². The van der Waals surface area contributed by atoms with Crippen LogP contribution in [0.5, 0.6) is 5.75 Å². The Hall–Kier alpha value is -1.83. The monoisotopic (exact) mass is 284 g/mol. The molecule has 1 aliphatic carbocycles. The number of methoxy groups -OCH3 is 1. The van der Waals surface area contributed by atoms with E-state index in [4.69, 9.17) is 4.74 Å². The highest BCUT2D eigenvalue weighted by Crippen LogP contribution is 2.22. The number of carbonyl (C=O) groups is 1. The van der Waals surface area contributed by atoms with Crippen molar-refractivity contribution in [2.24, 2.45) is 5.92 Å². The molecule has 1 aliphatic rings. The third kappa shape index (κ3) is 4.89. The zero-order valence-corrected chi connectivity index (χ0v) is 13.0. The van der Waals surface area contributed by atoms with Gasteiger partial charge in [-0.15, -0.1) is 0 Å². The number of hydrogen-bond donors (Lipinski definition) is 0. The van der Waals surface area contributed by atoms with E-state index in [-0.39, 0.29) is 0 Å². The number of ether oxygens (including phenoxy) is 1. The highest BCUT2D eigenvalue weighted by molar-refractivity contribution is 5.97. The second-order valence-corrected chi connectivity index (χ2v) is 5.69. The molecule has 0 N–H and O–H groups in total. The van der Waals surface area contributed by atoms with Gasteiger partial charge < -0.3 is 4.74 Å². The van der Waals surface area contributed by atoms with E-state index in [2.05, 4.69) is 37.3 Å². The van der Waals surface area contributed by atoms with Gasteiger partial charge in [0.1, 0.15) is 5.75 Å². The molecule has 0 aromatic heterocycles. The van der Waals surface area contributed by atoms with Crippen LogP contribution in [0.4, 0.5) is 0 Å². The number of aryl methyl sites for hydroxylation is 1. The molecular formula is C19H24O2. The highest BCUT2D eigenvalue weighted by atomic mass is 16.5. The summed E-state index contributed by atoms with van der Waals surface area (Å²) in [5.74, 6) is 1.69. The molecule has 0 saturated carbocycles. The van der Waals surface area contributed by atoms with E-state index in [1.807, 2.05) is 12.1 Å². The van der Waals surface area contributed by atoms with Crippen LogP contribution in [0.2, 0.25) is 0 Å². The second kappa shape index (κ2) is 7.82. The molecule has 0 spiro atoms. The first-order valence-electron chi connectivity index (χ1n) is 7.71. The first-order chi connectivity index (χ1) is 10.2. The van der Waals surface area contributed by atoms with Crippen LogP contribution in [0, 0.1) is 5.92 Å². The number of hydrogen-bond acceptors (Lipinski definition) is 2. The summed E-state index contributed by atoms with van der Waals surface area (Å²) in [5.41, 5.74) is 2.32. The van der Waals surface area contributed by atoms with Crippen LogP contribution in [0.3, 0.4) is 0 Å².